The summed E-state index contributed by atoms with van der Waals surface area (Å²) in [6.45, 7) is 5.12. The number of hydrogen-bond donors (Lipinski definition) is 0. The van der Waals surface area contributed by atoms with E-state index >= 15 is 0 Å². The molecule has 108 valence electrons. The lowest BCUT2D eigenvalue weighted by atomic mass is 10.2. The minimum atomic E-state index is 0.461. The van der Waals surface area contributed by atoms with Gasteiger partial charge in [0, 0.05) is 18.7 Å². The summed E-state index contributed by atoms with van der Waals surface area (Å²) >= 11 is 0. The smallest absolute Gasteiger partial charge is 0.224 e. The molecule has 5 nitrogen and oxygen atoms in total. The summed E-state index contributed by atoms with van der Waals surface area (Å²) in [5.41, 5.74) is 2.76. The summed E-state index contributed by atoms with van der Waals surface area (Å²) in [6.07, 6.45) is 1.70. The fraction of sp³-hybridized carbons (Fsp3) is 0.250. The second kappa shape index (κ2) is 5.93. The van der Waals surface area contributed by atoms with Crippen molar-refractivity contribution >= 4 is 5.65 Å². The highest BCUT2D eigenvalue weighted by molar-refractivity contribution is 5.42. The van der Waals surface area contributed by atoms with E-state index in [0.717, 1.165) is 17.1 Å². The first-order valence-electron chi connectivity index (χ1n) is 6.92. The van der Waals surface area contributed by atoms with Crippen LogP contribution < -0.4 is 4.74 Å². The molecule has 2 aromatic heterocycles. The molecule has 1 aromatic carbocycles. The Hall–Kier alpha value is -2.40. The number of nitrogens with zero attached hydrogens (tertiary/aromatic N) is 3. The van der Waals surface area contributed by atoms with E-state index in [0.29, 0.717) is 19.1 Å². The quantitative estimate of drug-likeness (QED) is 0.720. The molecular weight excluding hydrogens is 266 g/mol. The minimum Gasteiger partial charge on any atom is -0.439 e. The summed E-state index contributed by atoms with van der Waals surface area (Å²) in [7, 11) is 0. The predicted octanol–water partition coefficient (Wildman–Crippen LogP) is 3.37. The van der Waals surface area contributed by atoms with Crippen LogP contribution in [-0.4, -0.2) is 21.2 Å². The highest BCUT2D eigenvalue weighted by Crippen LogP contribution is 2.23. The van der Waals surface area contributed by atoms with Gasteiger partial charge in [-0.05, 0) is 26.0 Å². The van der Waals surface area contributed by atoms with Gasteiger partial charge in [0.1, 0.15) is 5.75 Å². The van der Waals surface area contributed by atoms with Gasteiger partial charge in [-0.2, -0.15) is 9.61 Å². The lowest BCUT2D eigenvalue weighted by molar-refractivity contribution is 0.131. The molecule has 0 radical (unpaired) electrons. The van der Waals surface area contributed by atoms with Gasteiger partial charge in [0.05, 0.1) is 18.5 Å². The Balaban J connectivity index is 1.95. The summed E-state index contributed by atoms with van der Waals surface area (Å²) in [4.78, 5) is 4.48. The van der Waals surface area contributed by atoms with E-state index in [4.69, 9.17) is 9.47 Å². The van der Waals surface area contributed by atoms with E-state index in [1.165, 1.54) is 5.56 Å². The molecule has 0 saturated carbocycles. The third kappa shape index (κ3) is 3.03. The van der Waals surface area contributed by atoms with E-state index in [1.54, 1.807) is 10.7 Å². The molecule has 0 aliphatic carbocycles. The molecule has 2 heterocycles. The van der Waals surface area contributed by atoms with Gasteiger partial charge in [-0.3, -0.25) is 0 Å². The van der Waals surface area contributed by atoms with E-state index < -0.39 is 0 Å². The zero-order valence-electron chi connectivity index (χ0n) is 12.1. The molecule has 21 heavy (non-hydrogen) atoms. The Morgan fingerprint density at radius 2 is 1.95 bits per heavy atom. The molecule has 0 aliphatic rings. The number of benzene rings is 1. The molecule has 3 aromatic rings. The molecule has 0 bridgehead atoms. The highest BCUT2D eigenvalue weighted by atomic mass is 16.5. The predicted molar refractivity (Wildman–Crippen MR) is 79.6 cm³/mol. The van der Waals surface area contributed by atoms with Gasteiger partial charge in [-0.1, -0.05) is 17.7 Å². The Labute approximate surface area is 123 Å². The van der Waals surface area contributed by atoms with Crippen molar-refractivity contribution in [3.63, 3.8) is 0 Å². The van der Waals surface area contributed by atoms with Gasteiger partial charge in [-0.25, -0.2) is 4.98 Å². The molecule has 0 spiro atoms. The zero-order valence-corrected chi connectivity index (χ0v) is 12.1. The van der Waals surface area contributed by atoms with Crippen molar-refractivity contribution in [2.45, 2.75) is 20.5 Å². The van der Waals surface area contributed by atoms with Crippen LogP contribution in [0.1, 0.15) is 18.2 Å². The molecule has 5 heteroatoms. The minimum absolute atomic E-state index is 0.461. The lowest BCUT2D eigenvalue weighted by Crippen LogP contribution is -2.02. The summed E-state index contributed by atoms with van der Waals surface area (Å²) < 4.78 is 13.0. The van der Waals surface area contributed by atoms with E-state index in [9.17, 15) is 0 Å². The molecule has 0 aliphatic heterocycles. The average molecular weight is 283 g/mol. The number of fused-ring (bicyclic) bond motifs is 1. The van der Waals surface area contributed by atoms with E-state index in [-0.39, 0.29) is 0 Å². The maximum Gasteiger partial charge on any atom is 0.224 e. The van der Waals surface area contributed by atoms with Crippen LogP contribution in [0.2, 0.25) is 0 Å². The normalized spacial score (nSPS) is 11.0. The third-order valence-corrected chi connectivity index (χ3v) is 3.08. The molecule has 3 rings (SSSR count). The largest absolute Gasteiger partial charge is 0.439 e. The fourth-order valence-corrected chi connectivity index (χ4v) is 2.01. The van der Waals surface area contributed by atoms with Crippen LogP contribution in [0.15, 0.2) is 42.6 Å². The van der Waals surface area contributed by atoms with Gasteiger partial charge in [0.15, 0.2) is 5.65 Å². The maximum absolute atomic E-state index is 5.93. The van der Waals surface area contributed by atoms with Gasteiger partial charge >= 0.3 is 0 Å². The van der Waals surface area contributed by atoms with Gasteiger partial charge < -0.3 is 9.47 Å². The van der Waals surface area contributed by atoms with Crippen LogP contribution in [-0.2, 0) is 11.3 Å². The van der Waals surface area contributed by atoms with Gasteiger partial charge in [0.2, 0.25) is 5.88 Å². The topological polar surface area (TPSA) is 48.7 Å². The first kappa shape index (κ1) is 13.6. The number of aryl methyl sites for hydroxylation is 1. The first-order chi connectivity index (χ1) is 10.3. The second-order valence-electron chi connectivity index (χ2n) is 4.74. The lowest BCUT2D eigenvalue weighted by Gasteiger charge is -2.10. The second-order valence-corrected chi connectivity index (χ2v) is 4.74. The van der Waals surface area contributed by atoms with Gasteiger partial charge in [-0.15, -0.1) is 0 Å². The number of rotatable bonds is 5. The van der Waals surface area contributed by atoms with Crippen molar-refractivity contribution in [1.82, 2.24) is 14.6 Å². The highest BCUT2D eigenvalue weighted by Gasteiger charge is 2.08. The van der Waals surface area contributed by atoms with Crippen LogP contribution >= 0.6 is 0 Å². The molecular formula is C16H17N3O2. The van der Waals surface area contributed by atoms with E-state index in [2.05, 4.69) is 10.1 Å². The van der Waals surface area contributed by atoms with Crippen molar-refractivity contribution in [2.24, 2.45) is 0 Å². The van der Waals surface area contributed by atoms with Crippen LogP contribution in [0.5, 0.6) is 11.6 Å². The Bertz CT molecular complexity index is 735. The van der Waals surface area contributed by atoms with Crippen molar-refractivity contribution in [1.29, 1.82) is 0 Å². The molecule has 0 N–H and O–H groups in total. The van der Waals surface area contributed by atoms with Crippen LogP contribution in [0, 0.1) is 6.92 Å². The monoisotopic (exact) mass is 283 g/mol. The summed E-state index contributed by atoms with van der Waals surface area (Å²) in [6, 6.07) is 11.6. The number of hydrogen-bond acceptors (Lipinski definition) is 4. The van der Waals surface area contributed by atoms with Crippen molar-refractivity contribution < 1.29 is 9.47 Å². The zero-order chi connectivity index (χ0) is 14.7. The standard InChI is InChI=1S/C16H17N3O2/c1-3-20-11-13-10-16(19-15(18-13)8-9-17-19)21-14-6-4-12(2)5-7-14/h4-10H,3,11H2,1-2H3. The number of aromatic nitrogens is 3. The Kier molecular flexibility index (Phi) is 3.83. The maximum atomic E-state index is 5.93. The van der Waals surface area contributed by atoms with Gasteiger partial charge in [0.25, 0.3) is 0 Å². The molecule has 0 unspecified atom stereocenters. The average Bonchev–Trinajstić information content (AvgIpc) is 2.96. The Morgan fingerprint density at radius 1 is 1.14 bits per heavy atom. The van der Waals surface area contributed by atoms with E-state index in [1.807, 2.05) is 50.2 Å². The van der Waals surface area contributed by atoms with Crippen LogP contribution in [0.4, 0.5) is 0 Å². The molecule has 0 atom stereocenters. The first-order valence-corrected chi connectivity index (χ1v) is 6.92. The summed E-state index contributed by atoms with van der Waals surface area (Å²) in [5.74, 6) is 1.40. The molecule has 0 amide bonds. The van der Waals surface area contributed by atoms with Crippen molar-refractivity contribution in [3.05, 3.63) is 53.9 Å². The van der Waals surface area contributed by atoms with Crippen molar-refractivity contribution in [2.75, 3.05) is 6.61 Å². The Morgan fingerprint density at radius 3 is 2.71 bits per heavy atom. The fourth-order valence-electron chi connectivity index (χ4n) is 2.01. The summed E-state index contributed by atoms with van der Waals surface area (Å²) in [5, 5.41) is 4.24. The number of ether oxygens (including phenoxy) is 2. The van der Waals surface area contributed by atoms with Crippen LogP contribution in [0.3, 0.4) is 0 Å². The SMILES string of the molecule is CCOCc1cc(Oc2ccc(C)cc2)n2nccc2n1. The molecule has 0 saturated heterocycles. The van der Waals surface area contributed by atoms with Crippen LogP contribution in [0.25, 0.3) is 5.65 Å². The molecule has 0 fully saturated rings. The third-order valence-electron chi connectivity index (χ3n) is 3.08. The van der Waals surface area contributed by atoms with Crippen molar-refractivity contribution in [3.8, 4) is 11.6 Å².